The van der Waals surface area contributed by atoms with E-state index in [9.17, 15) is 0 Å². The van der Waals surface area contributed by atoms with Crippen LogP contribution in [0.5, 0.6) is 11.6 Å². The molecule has 0 spiro atoms. The molecule has 0 unspecified atom stereocenters. The summed E-state index contributed by atoms with van der Waals surface area (Å²) in [5.41, 5.74) is 8.59. The van der Waals surface area contributed by atoms with Crippen molar-refractivity contribution in [2.75, 3.05) is 11.1 Å². The summed E-state index contributed by atoms with van der Waals surface area (Å²) in [6, 6.07) is 15.6. The van der Waals surface area contributed by atoms with Crippen LogP contribution < -0.4 is 15.8 Å². The van der Waals surface area contributed by atoms with Crippen LogP contribution in [0.25, 0.3) is 10.2 Å². The van der Waals surface area contributed by atoms with Gasteiger partial charge in [-0.1, -0.05) is 41.2 Å². The number of rotatable bonds is 4. The number of ether oxygens (including phenoxy) is 1. The van der Waals surface area contributed by atoms with Crippen LogP contribution in [-0.4, -0.2) is 15.0 Å². The van der Waals surface area contributed by atoms with Gasteiger partial charge in [0, 0.05) is 0 Å². The summed E-state index contributed by atoms with van der Waals surface area (Å²) >= 11 is 1.53. The molecule has 25 heavy (non-hydrogen) atoms. The highest BCUT2D eigenvalue weighted by Gasteiger charge is 2.12. The molecule has 6 nitrogen and oxygen atoms in total. The highest BCUT2D eigenvalue weighted by atomic mass is 32.1. The predicted octanol–water partition coefficient (Wildman–Crippen LogP) is 4.51. The van der Waals surface area contributed by atoms with Gasteiger partial charge in [-0.15, -0.1) is 0 Å². The summed E-state index contributed by atoms with van der Waals surface area (Å²) in [6.45, 7) is 2.02. The van der Waals surface area contributed by atoms with Crippen LogP contribution in [0.4, 0.5) is 16.6 Å². The Morgan fingerprint density at radius 2 is 1.84 bits per heavy atom. The second kappa shape index (κ2) is 6.37. The van der Waals surface area contributed by atoms with Crippen LogP contribution in [0.15, 0.2) is 54.9 Å². The molecule has 4 aromatic rings. The third kappa shape index (κ3) is 3.22. The van der Waals surface area contributed by atoms with Gasteiger partial charge in [0.1, 0.15) is 17.8 Å². The van der Waals surface area contributed by atoms with E-state index in [1.807, 2.05) is 55.5 Å². The van der Waals surface area contributed by atoms with Crippen molar-refractivity contribution < 1.29 is 4.74 Å². The van der Waals surface area contributed by atoms with Gasteiger partial charge in [0.2, 0.25) is 5.88 Å². The van der Waals surface area contributed by atoms with E-state index in [2.05, 4.69) is 20.3 Å². The number of anilines is 3. The van der Waals surface area contributed by atoms with E-state index < -0.39 is 0 Å². The molecule has 0 aliphatic heterocycles. The van der Waals surface area contributed by atoms with Crippen molar-refractivity contribution >= 4 is 38.2 Å². The zero-order valence-electron chi connectivity index (χ0n) is 13.4. The third-order valence-electron chi connectivity index (χ3n) is 3.60. The number of thiazole rings is 1. The van der Waals surface area contributed by atoms with E-state index in [-0.39, 0.29) is 0 Å². The molecule has 0 saturated carbocycles. The van der Waals surface area contributed by atoms with Gasteiger partial charge in [0.15, 0.2) is 10.9 Å². The van der Waals surface area contributed by atoms with Crippen molar-refractivity contribution in [1.29, 1.82) is 0 Å². The molecule has 0 saturated heterocycles. The molecule has 7 heteroatoms. The van der Waals surface area contributed by atoms with Crippen LogP contribution in [0, 0.1) is 6.92 Å². The first kappa shape index (κ1) is 15.3. The number of benzene rings is 2. The Balaban J connectivity index is 1.61. The molecule has 0 aliphatic carbocycles. The summed E-state index contributed by atoms with van der Waals surface area (Å²) in [5.74, 6) is 1.44. The lowest BCUT2D eigenvalue weighted by atomic mass is 10.2. The summed E-state index contributed by atoms with van der Waals surface area (Å²) in [7, 11) is 0. The summed E-state index contributed by atoms with van der Waals surface area (Å²) in [5, 5.41) is 3.86. The number of fused-ring (bicyclic) bond motifs is 1. The molecular formula is C18H15N5OS. The minimum Gasteiger partial charge on any atom is -0.437 e. The number of para-hydroxylation sites is 1. The van der Waals surface area contributed by atoms with Crippen molar-refractivity contribution in [2.24, 2.45) is 0 Å². The maximum atomic E-state index is 6.17. The van der Waals surface area contributed by atoms with E-state index in [1.165, 1.54) is 17.7 Å². The van der Waals surface area contributed by atoms with E-state index in [0.29, 0.717) is 28.3 Å². The topological polar surface area (TPSA) is 86.0 Å². The molecule has 0 amide bonds. The Labute approximate surface area is 148 Å². The van der Waals surface area contributed by atoms with Gasteiger partial charge < -0.3 is 15.8 Å². The lowest BCUT2D eigenvalue weighted by Crippen LogP contribution is -2.02. The molecule has 3 N–H and O–H groups in total. The predicted molar refractivity (Wildman–Crippen MR) is 101 cm³/mol. The van der Waals surface area contributed by atoms with Crippen molar-refractivity contribution in [3.8, 4) is 11.6 Å². The average molecular weight is 349 g/mol. The van der Waals surface area contributed by atoms with Crippen LogP contribution in [0.1, 0.15) is 5.56 Å². The molecule has 2 aromatic heterocycles. The molecule has 0 atom stereocenters. The van der Waals surface area contributed by atoms with Crippen LogP contribution >= 0.6 is 11.3 Å². The van der Waals surface area contributed by atoms with E-state index in [0.717, 1.165) is 15.8 Å². The number of hydrogen-bond acceptors (Lipinski definition) is 7. The van der Waals surface area contributed by atoms with Crippen molar-refractivity contribution in [1.82, 2.24) is 15.0 Å². The van der Waals surface area contributed by atoms with Crippen LogP contribution in [0.3, 0.4) is 0 Å². The molecule has 2 heterocycles. The molecular weight excluding hydrogens is 334 g/mol. The van der Waals surface area contributed by atoms with Crippen LogP contribution in [-0.2, 0) is 0 Å². The summed E-state index contributed by atoms with van der Waals surface area (Å²) in [6.07, 6.45) is 1.41. The normalized spacial score (nSPS) is 10.8. The number of nitrogens with zero attached hydrogens (tertiary/aromatic N) is 3. The van der Waals surface area contributed by atoms with Gasteiger partial charge in [-0.25, -0.2) is 9.97 Å². The minimum absolute atomic E-state index is 0.308. The molecule has 0 radical (unpaired) electrons. The monoisotopic (exact) mass is 349 g/mol. The molecule has 0 fully saturated rings. The fraction of sp³-hybridized carbons (Fsp3) is 0.0556. The minimum atomic E-state index is 0.308. The van der Waals surface area contributed by atoms with Gasteiger partial charge in [0.25, 0.3) is 0 Å². The Morgan fingerprint density at radius 1 is 1.04 bits per heavy atom. The van der Waals surface area contributed by atoms with Gasteiger partial charge in [-0.2, -0.15) is 4.98 Å². The lowest BCUT2D eigenvalue weighted by molar-refractivity contribution is 0.464. The highest BCUT2D eigenvalue weighted by Crippen LogP contribution is 2.33. The molecule has 124 valence electrons. The van der Waals surface area contributed by atoms with Crippen LogP contribution in [0.2, 0.25) is 0 Å². The Kier molecular flexibility index (Phi) is 3.91. The van der Waals surface area contributed by atoms with Gasteiger partial charge in [0.05, 0.1) is 10.2 Å². The SMILES string of the molecule is Cc1ccc(Oc2ncnc(Nc3nc4ccccc4s3)c2N)cc1. The quantitative estimate of drug-likeness (QED) is 0.564. The molecule has 2 aromatic carbocycles. The number of hydrogen-bond donors (Lipinski definition) is 2. The lowest BCUT2D eigenvalue weighted by Gasteiger charge is -2.10. The zero-order chi connectivity index (χ0) is 17.2. The fourth-order valence-corrected chi connectivity index (χ4v) is 3.17. The fourth-order valence-electron chi connectivity index (χ4n) is 2.31. The first-order valence-electron chi connectivity index (χ1n) is 7.66. The number of aromatic nitrogens is 3. The first-order chi connectivity index (χ1) is 12.2. The first-order valence-corrected chi connectivity index (χ1v) is 8.48. The van der Waals surface area contributed by atoms with Crippen molar-refractivity contribution in [3.63, 3.8) is 0 Å². The second-order valence-electron chi connectivity index (χ2n) is 5.47. The van der Waals surface area contributed by atoms with Gasteiger partial charge in [-0.3, -0.25) is 0 Å². The molecule has 4 rings (SSSR count). The third-order valence-corrected chi connectivity index (χ3v) is 4.55. The van der Waals surface area contributed by atoms with E-state index in [4.69, 9.17) is 10.5 Å². The highest BCUT2D eigenvalue weighted by molar-refractivity contribution is 7.22. The summed E-state index contributed by atoms with van der Waals surface area (Å²) < 4.78 is 6.86. The Hall–Kier alpha value is -3.19. The van der Waals surface area contributed by atoms with Crippen molar-refractivity contribution in [3.05, 3.63) is 60.4 Å². The average Bonchev–Trinajstić information content (AvgIpc) is 3.03. The van der Waals surface area contributed by atoms with Gasteiger partial charge >= 0.3 is 0 Å². The molecule has 0 aliphatic rings. The number of nitrogens with two attached hydrogens (primary N) is 1. The zero-order valence-corrected chi connectivity index (χ0v) is 14.2. The number of nitrogen functional groups attached to an aromatic ring is 1. The molecule has 0 bridgehead atoms. The van der Waals surface area contributed by atoms with E-state index in [1.54, 1.807) is 0 Å². The van der Waals surface area contributed by atoms with E-state index >= 15 is 0 Å². The maximum absolute atomic E-state index is 6.17. The second-order valence-corrected chi connectivity index (χ2v) is 6.50. The number of aryl methyl sites for hydroxylation is 1. The largest absolute Gasteiger partial charge is 0.437 e. The Morgan fingerprint density at radius 3 is 2.64 bits per heavy atom. The smallest absolute Gasteiger partial charge is 0.248 e. The number of nitrogens with one attached hydrogen (secondary N) is 1. The van der Waals surface area contributed by atoms with Crippen molar-refractivity contribution in [2.45, 2.75) is 6.92 Å². The van der Waals surface area contributed by atoms with Gasteiger partial charge in [-0.05, 0) is 31.2 Å². The summed E-state index contributed by atoms with van der Waals surface area (Å²) in [4.78, 5) is 12.8. The Bertz CT molecular complexity index is 996. The standard InChI is InChI=1S/C18H15N5OS/c1-11-6-8-12(9-7-11)24-17-15(19)16(20-10-21-17)23-18-22-13-4-2-3-5-14(13)25-18/h2-10H,19H2,1H3,(H,20,21,22,23). The maximum Gasteiger partial charge on any atom is 0.248 e.